The molecule has 0 spiro atoms. The molecule has 0 radical (unpaired) electrons. The number of anilines is 2. The second kappa shape index (κ2) is 10.8. The monoisotopic (exact) mass is 398 g/mol. The summed E-state index contributed by atoms with van der Waals surface area (Å²) in [6, 6.07) is 12.9. The second-order valence-electron chi connectivity index (χ2n) is 6.70. The van der Waals surface area contributed by atoms with E-state index in [4.69, 9.17) is 15.6 Å². The summed E-state index contributed by atoms with van der Waals surface area (Å²) < 4.78 is 4.79. The molecule has 2 aromatic rings. The first-order valence-electron chi connectivity index (χ1n) is 9.57. The molecule has 0 atom stereocenters. The zero-order valence-corrected chi connectivity index (χ0v) is 16.4. The van der Waals surface area contributed by atoms with Crippen LogP contribution in [0.15, 0.2) is 48.5 Å². The number of carbonyl (C=O) groups excluding carboxylic acids is 2. The Kier molecular flexibility index (Phi) is 8.21. The predicted molar refractivity (Wildman–Crippen MR) is 111 cm³/mol. The van der Waals surface area contributed by atoms with Gasteiger partial charge in [0, 0.05) is 17.3 Å². The molecule has 1 aliphatic rings. The highest BCUT2D eigenvalue weighted by Crippen LogP contribution is 2.26. The fourth-order valence-corrected chi connectivity index (χ4v) is 2.96. The lowest BCUT2D eigenvalue weighted by atomic mass is 10.1. The van der Waals surface area contributed by atoms with E-state index in [0.717, 1.165) is 25.7 Å². The minimum Gasteiger partial charge on any atom is -0.478 e. The summed E-state index contributed by atoms with van der Waals surface area (Å²) in [5.74, 6) is -1.10. The van der Waals surface area contributed by atoms with Crippen LogP contribution in [0.1, 0.15) is 53.3 Å². The molecule has 0 heterocycles. The molecule has 1 fully saturated rings. The number of carboxylic acid groups (broad SMARTS) is 1. The number of benzene rings is 2. The van der Waals surface area contributed by atoms with Gasteiger partial charge in [-0.1, -0.05) is 12.8 Å². The molecule has 0 unspecified atom stereocenters. The fraction of sp³-hybridized carbons (Fsp3) is 0.318. The molecule has 0 aromatic heterocycles. The summed E-state index contributed by atoms with van der Waals surface area (Å²) in [4.78, 5) is 33.6. The molecule has 0 aliphatic heterocycles. The molecular formula is C22H26N2O5. The molecule has 1 aliphatic carbocycles. The van der Waals surface area contributed by atoms with E-state index in [1.807, 2.05) is 0 Å². The highest BCUT2D eigenvalue weighted by atomic mass is 16.5. The molecule has 2 aromatic carbocycles. The van der Waals surface area contributed by atoms with Crippen LogP contribution >= 0.6 is 0 Å². The summed E-state index contributed by atoms with van der Waals surface area (Å²) in [6.45, 7) is 2.17. The van der Waals surface area contributed by atoms with Crippen molar-refractivity contribution in [1.82, 2.24) is 0 Å². The molecule has 154 valence electrons. The number of aromatic carboxylic acids is 1. The van der Waals surface area contributed by atoms with Crippen molar-refractivity contribution in [2.45, 2.75) is 32.6 Å². The van der Waals surface area contributed by atoms with Crippen molar-refractivity contribution in [3.8, 4) is 0 Å². The average molecular weight is 398 g/mol. The van der Waals surface area contributed by atoms with Gasteiger partial charge in [0.1, 0.15) is 0 Å². The van der Waals surface area contributed by atoms with E-state index >= 15 is 0 Å². The molecule has 7 nitrogen and oxygen atoms in total. The first-order chi connectivity index (χ1) is 13.9. The predicted octanol–water partition coefficient (Wildman–Crippen LogP) is 3.96. The number of rotatable bonds is 5. The maximum atomic E-state index is 11.8. The quantitative estimate of drug-likeness (QED) is 0.518. The summed E-state index contributed by atoms with van der Waals surface area (Å²) in [5, 5.41) is 11.6. The molecule has 0 bridgehead atoms. The van der Waals surface area contributed by atoms with Gasteiger partial charge in [0.05, 0.1) is 17.7 Å². The molecular weight excluding hydrogens is 372 g/mol. The largest absolute Gasteiger partial charge is 0.478 e. The Labute approximate surface area is 169 Å². The Balaban J connectivity index is 0.000000221. The number of amides is 1. The zero-order valence-electron chi connectivity index (χ0n) is 16.4. The SMILES string of the molecule is CCOC(=O)c1ccc(N)cc1.O=C(O)c1ccc(NC(=O)C2CCCC2)cc1. The Bertz CT molecular complexity index is 825. The van der Waals surface area contributed by atoms with E-state index in [1.54, 1.807) is 43.3 Å². The third-order valence-electron chi connectivity index (χ3n) is 4.55. The van der Waals surface area contributed by atoms with E-state index in [0.29, 0.717) is 23.5 Å². The van der Waals surface area contributed by atoms with Crippen LogP contribution in [0.5, 0.6) is 0 Å². The van der Waals surface area contributed by atoms with Gasteiger partial charge in [-0.05, 0) is 68.3 Å². The minimum atomic E-state index is -0.960. The van der Waals surface area contributed by atoms with Gasteiger partial charge in [0.25, 0.3) is 0 Å². The average Bonchev–Trinajstić information content (AvgIpc) is 3.25. The summed E-state index contributed by atoms with van der Waals surface area (Å²) >= 11 is 0. The lowest BCUT2D eigenvalue weighted by molar-refractivity contribution is -0.119. The number of carboxylic acids is 1. The first-order valence-corrected chi connectivity index (χ1v) is 9.57. The molecule has 1 amide bonds. The fourth-order valence-electron chi connectivity index (χ4n) is 2.96. The van der Waals surface area contributed by atoms with Gasteiger partial charge < -0.3 is 20.9 Å². The summed E-state index contributed by atoms with van der Waals surface area (Å²) in [7, 11) is 0. The van der Waals surface area contributed by atoms with Gasteiger partial charge in [0.2, 0.25) is 5.91 Å². The number of hydrogen-bond donors (Lipinski definition) is 3. The van der Waals surface area contributed by atoms with Gasteiger partial charge >= 0.3 is 11.9 Å². The van der Waals surface area contributed by atoms with E-state index in [9.17, 15) is 14.4 Å². The van der Waals surface area contributed by atoms with Crippen molar-refractivity contribution in [1.29, 1.82) is 0 Å². The van der Waals surface area contributed by atoms with Crippen LogP contribution in [0.4, 0.5) is 11.4 Å². The van der Waals surface area contributed by atoms with Gasteiger partial charge in [0.15, 0.2) is 0 Å². The number of nitrogens with two attached hydrogens (primary N) is 1. The number of hydrogen-bond acceptors (Lipinski definition) is 5. The molecule has 1 saturated carbocycles. The third-order valence-corrected chi connectivity index (χ3v) is 4.55. The minimum absolute atomic E-state index is 0.0468. The van der Waals surface area contributed by atoms with E-state index in [2.05, 4.69) is 5.32 Å². The van der Waals surface area contributed by atoms with Crippen molar-refractivity contribution >= 4 is 29.2 Å². The molecule has 29 heavy (non-hydrogen) atoms. The molecule has 0 saturated heterocycles. The standard InChI is InChI=1S/C13H15NO3.C9H11NO2/c15-12(9-3-1-2-4-9)14-11-7-5-10(6-8-11)13(16)17;1-2-12-9(11)7-3-5-8(10)6-4-7/h5-9H,1-4H2,(H,14,15)(H,16,17);3-6H,2,10H2,1H3. The van der Waals surface area contributed by atoms with Crippen molar-refractivity contribution in [2.75, 3.05) is 17.7 Å². The Morgan fingerprint density at radius 3 is 2.07 bits per heavy atom. The Morgan fingerprint density at radius 1 is 1.00 bits per heavy atom. The van der Waals surface area contributed by atoms with Crippen molar-refractivity contribution in [2.24, 2.45) is 5.92 Å². The van der Waals surface area contributed by atoms with Gasteiger partial charge in [-0.3, -0.25) is 4.79 Å². The van der Waals surface area contributed by atoms with Crippen LogP contribution < -0.4 is 11.1 Å². The smallest absolute Gasteiger partial charge is 0.338 e. The Hall–Kier alpha value is -3.35. The number of nitrogens with one attached hydrogen (secondary N) is 1. The van der Waals surface area contributed by atoms with E-state index < -0.39 is 5.97 Å². The molecule has 3 rings (SSSR count). The van der Waals surface area contributed by atoms with Crippen LogP contribution in [0.25, 0.3) is 0 Å². The summed E-state index contributed by atoms with van der Waals surface area (Å²) in [5.41, 5.74) is 7.51. The van der Waals surface area contributed by atoms with Crippen LogP contribution in [-0.2, 0) is 9.53 Å². The normalized spacial score (nSPS) is 13.1. The maximum absolute atomic E-state index is 11.8. The van der Waals surface area contributed by atoms with E-state index in [1.165, 1.54) is 12.1 Å². The van der Waals surface area contributed by atoms with Crippen LogP contribution in [0, 0.1) is 5.92 Å². The molecule has 7 heteroatoms. The maximum Gasteiger partial charge on any atom is 0.338 e. The van der Waals surface area contributed by atoms with Crippen LogP contribution in [0.3, 0.4) is 0 Å². The topological polar surface area (TPSA) is 119 Å². The van der Waals surface area contributed by atoms with Crippen molar-refractivity contribution < 1.29 is 24.2 Å². The first kappa shape index (κ1) is 21.9. The van der Waals surface area contributed by atoms with Crippen molar-refractivity contribution in [3.05, 3.63) is 59.7 Å². The van der Waals surface area contributed by atoms with Gasteiger partial charge in [-0.2, -0.15) is 0 Å². The van der Waals surface area contributed by atoms with Gasteiger partial charge in [-0.15, -0.1) is 0 Å². The number of ether oxygens (including phenoxy) is 1. The van der Waals surface area contributed by atoms with Gasteiger partial charge in [-0.25, -0.2) is 9.59 Å². The number of nitrogen functional groups attached to an aromatic ring is 1. The highest BCUT2D eigenvalue weighted by Gasteiger charge is 2.22. The van der Waals surface area contributed by atoms with E-state index in [-0.39, 0.29) is 23.4 Å². The summed E-state index contributed by atoms with van der Waals surface area (Å²) in [6.07, 6.45) is 4.16. The van der Waals surface area contributed by atoms with Crippen LogP contribution in [0.2, 0.25) is 0 Å². The lowest BCUT2D eigenvalue weighted by Gasteiger charge is -2.10. The number of carbonyl (C=O) groups is 3. The highest BCUT2D eigenvalue weighted by molar-refractivity contribution is 5.94. The zero-order chi connectivity index (χ0) is 21.2. The second-order valence-corrected chi connectivity index (χ2v) is 6.70. The number of esters is 1. The lowest BCUT2D eigenvalue weighted by Crippen LogP contribution is -2.20. The van der Waals surface area contributed by atoms with Crippen LogP contribution in [-0.4, -0.2) is 29.6 Å². The van der Waals surface area contributed by atoms with Crippen molar-refractivity contribution in [3.63, 3.8) is 0 Å². The third kappa shape index (κ3) is 6.95. The Morgan fingerprint density at radius 2 is 1.55 bits per heavy atom. The molecule has 4 N–H and O–H groups in total.